The van der Waals surface area contributed by atoms with Crippen molar-refractivity contribution in [1.29, 1.82) is 0 Å². The minimum absolute atomic E-state index is 0. The molecule has 3 N–H and O–H groups in total. The van der Waals surface area contributed by atoms with Crippen LogP contribution in [0.15, 0.2) is 47.6 Å². The molecule has 0 aromatic heterocycles. The molecule has 0 heterocycles. The number of aliphatic hydroxyl groups is 3. The fraction of sp³-hybridized carbons (Fsp3) is 0.704. The van der Waals surface area contributed by atoms with Crippen molar-refractivity contribution >= 4 is 0 Å². The first-order valence-corrected chi connectivity index (χ1v) is 12.1. The van der Waals surface area contributed by atoms with Crippen molar-refractivity contribution in [2.24, 2.45) is 29.1 Å². The predicted octanol–water partition coefficient (Wildman–Crippen LogP) is 5.34. The number of allylic oxidation sites excluding steroid dienone is 4. The van der Waals surface area contributed by atoms with Crippen LogP contribution in [0.1, 0.15) is 73.1 Å². The van der Waals surface area contributed by atoms with E-state index in [1.54, 1.807) is 0 Å². The van der Waals surface area contributed by atoms with Gasteiger partial charge in [0.2, 0.25) is 0 Å². The van der Waals surface area contributed by atoms with Crippen molar-refractivity contribution in [3.63, 3.8) is 0 Å². The highest BCUT2D eigenvalue weighted by molar-refractivity contribution is 5.38. The van der Waals surface area contributed by atoms with E-state index in [0.29, 0.717) is 41.9 Å². The third-order valence-electron chi connectivity index (χ3n) is 8.65. The van der Waals surface area contributed by atoms with Gasteiger partial charge in [0.1, 0.15) is 0 Å². The highest BCUT2D eigenvalue weighted by Gasteiger charge is 2.50. The summed E-state index contributed by atoms with van der Waals surface area (Å²) in [6.07, 6.45) is 16.9. The van der Waals surface area contributed by atoms with Crippen LogP contribution in [0.2, 0.25) is 0 Å². The summed E-state index contributed by atoms with van der Waals surface area (Å²) >= 11 is 0. The maximum absolute atomic E-state index is 10.2. The molecule has 0 aromatic rings. The van der Waals surface area contributed by atoms with Crippen LogP contribution < -0.4 is 0 Å². The molecule has 3 nitrogen and oxygen atoms in total. The SMILES string of the molecule is C=C1/C(=C\C=C2/CCC[C@@]3(C)[C@@H]2CC[C@H]3[C@H](C)/C=C/[C@@H](O)C2CC2)C[C@@H](O)C[C@H]1O.[HH]. The van der Waals surface area contributed by atoms with Gasteiger partial charge >= 0.3 is 0 Å². The molecule has 0 aromatic carbocycles. The fourth-order valence-electron chi connectivity index (χ4n) is 6.63. The van der Waals surface area contributed by atoms with E-state index >= 15 is 0 Å². The Morgan fingerprint density at radius 3 is 2.63 bits per heavy atom. The van der Waals surface area contributed by atoms with Gasteiger partial charge in [0.15, 0.2) is 0 Å². The van der Waals surface area contributed by atoms with E-state index in [9.17, 15) is 15.3 Å². The minimum Gasteiger partial charge on any atom is -0.393 e. The average molecular weight is 415 g/mol. The van der Waals surface area contributed by atoms with Crippen LogP contribution in [0.4, 0.5) is 0 Å². The lowest BCUT2D eigenvalue weighted by Crippen LogP contribution is -2.35. The molecule has 0 spiro atoms. The van der Waals surface area contributed by atoms with Gasteiger partial charge in [-0.15, -0.1) is 0 Å². The molecule has 4 aliphatic carbocycles. The summed E-state index contributed by atoms with van der Waals surface area (Å²) in [5.41, 5.74) is 3.63. The standard InChI is InChI=1S/C27H40O3.H2/c1-17(6-13-25(29)20-8-9-20)23-11-12-24-19(5-4-14-27(23,24)3)7-10-21-15-22(28)16-26(30)18(21)2;/h6-7,10,13,17,20,22-26,28-30H,2,4-5,8-9,11-12,14-16H2,1,3H3;1H/b13-6+,19-7+,21-10-;/t17-,22-,23+,24-,25-,26-,27-;/m1./s1. The Kier molecular flexibility index (Phi) is 6.44. The number of rotatable bonds is 5. The normalized spacial score (nSPS) is 42.1. The van der Waals surface area contributed by atoms with Gasteiger partial charge in [0, 0.05) is 7.85 Å². The second kappa shape index (κ2) is 8.76. The zero-order valence-corrected chi connectivity index (χ0v) is 18.8. The molecule has 4 rings (SSSR count). The summed E-state index contributed by atoms with van der Waals surface area (Å²) in [5, 5.41) is 30.4. The van der Waals surface area contributed by atoms with Crippen LogP contribution >= 0.6 is 0 Å². The summed E-state index contributed by atoms with van der Waals surface area (Å²) in [6, 6.07) is 0. The summed E-state index contributed by atoms with van der Waals surface area (Å²) in [4.78, 5) is 0. The molecule has 4 aliphatic rings. The van der Waals surface area contributed by atoms with Crippen molar-refractivity contribution in [3.8, 4) is 0 Å². The molecule has 4 fully saturated rings. The molecular weight excluding hydrogens is 372 g/mol. The van der Waals surface area contributed by atoms with Crippen LogP contribution in [0.5, 0.6) is 0 Å². The summed E-state index contributed by atoms with van der Waals surface area (Å²) in [7, 11) is 0. The first kappa shape index (κ1) is 22.0. The van der Waals surface area contributed by atoms with Crippen LogP contribution in [0.25, 0.3) is 0 Å². The zero-order valence-electron chi connectivity index (χ0n) is 18.8. The average Bonchev–Trinajstić information content (AvgIpc) is 3.49. The van der Waals surface area contributed by atoms with Gasteiger partial charge < -0.3 is 15.3 Å². The van der Waals surface area contributed by atoms with E-state index in [1.165, 1.54) is 44.1 Å². The lowest BCUT2D eigenvalue weighted by molar-refractivity contribution is 0.0862. The van der Waals surface area contributed by atoms with Gasteiger partial charge in [0.05, 0.1) is 18.3 Å². The summed E-state index contributed by atoms with van der Waals surface area (Å²) in [6.45, 7) is 8.88. The zero-order chi connectivity index (χ0) is 21.5. The lowest BCUT2D eigenvalue weighted by atomic mass is 9.61. The molecule has 0 unspecified atom stereocenters. The topological polar surface area (TPSA) is 60.7 Å². The number of fused-ring (bicyclic) bond motifs is 1. The van der Waals surface area contributed by atoms with E-state index < -0.39 is 12.2 Å². The highest BCUT2D eigenvalue weighted by atomic mass is 16.3. The first-order chi connectivity index (χ1) is 14.3. The largest absolute Gasteiger partial charge is 0.393 e. The van der Waals surface area contributed by atoms with E-state index in [-0.39, 0.29) is 7.53 Å². The molecule has 0 amide bonds. The van der Waals surface area contributed by atoms with Crippen molar-refractivity contribution in [2.45, 2.75) is 89.9 Å². The molecule has 3 heteroatoms. The molecular formula is C27H42O3. The maximum atomic E-state index is 10.2. The molecule has 0 radical (unpaired) electrons. The Labute approximate surface area is 183 Å². The van der Waals surface area contributed by atoms with Gasteiger partial charge in [-0.1, -0.05) is 50.3 Å². The number of hydrogen-bond acceptors (Lipinski definition) is 3. The molecule has 0 bridgehead atoms. The second-order valence-corrected chi connectivity index (χ2v) is 10.7. The van der Waals surface area contributed by atoms with Crippen LogP contribution in [0.3, 0.4) is 0 Å². The minimum atomic E-state index is -0.621. The van der Waals surface area contributed by atoms with Crippen molar-refractivity contribution in [3.05, 3.63) is 47.6 Å². The quantitative estimate of drug-likeness (QED) is 0.532. The van der Waals surface area contributed by atoms with Crippen molar-refractivity contribution in [1.82, 2.24) is 0 Å². The third kappa shape index (κ3) is 4.40. The van der Waals surface area contributed by atoms with E-state index in [4.69, 9.17) is 0 Å². The molecule has 7 atom stereocenters. The molecule has 168 valence electrons. The summed E-state index contributed by atoms with van der Waals surface area (Å²) in [5.74, 6) is 2.28. The fourth-order valence-corrected chi connectivity index (χ4v) is 6.63. The van der Waals surface area contributed by atoms with Crippen molar-refractivity contribution < 1.29 is 16.7 Å². The smallest absolute Gasteiger partial charge is 0.0811 e. The monoisotopic (exact) mass is 414 g/mol. The van der Waals surface area contributed by atoms with E-state index in [1.807, 2.05) is 0 Å². The lowest BCUT2D eigenvalue weighted by Gasteiger charge is -2.44. The van der Waals surface area contributed by atoms with E-state index in [0.717, 1.165) is 17.6 Å². The van der Waals surface area contributed by atoms with Crippen LogP contribution in [-0.4, -0.2) is 33.6 Å². The van der Waals surface area contributed by atoms with Crippen molar-refractivity contribution in [2.75, 3.05) is 0 Å². The summed E-state index contributed by atoms with van der Waals surface area (Å²) < 4.78 is 0. The predicted molar refractivity (Wildman–Crippen MR) is 124 cm³/mol. The van der Waals surface area contributed by atoms with Gasteiger partial charge in [-0.05, 0) is 91.6 Å². The Hall–Kier alpha value is -1.16. The van der Waals surface area contributed by atoms with Gasteiger partial charge in [-0.3, -0.25) is 0 Å². The van der Waals surface area contributed by atoms with Gasteiger partial charge in [0.25, 0.3) is 0 Å². The van der Waals surface area contributed by atoms with E-state index in [2.05, 4.69) is 44.7 Å². The van der Waals surface area contributed by atoms with Crippen LogP contribution in [0, 0.1) is 29.1 Å². The van der Waals surface area contributed by atoms with Crippen LogP contribution in [-0.2, 0) is 0 Å². The van der Waals surface area contributed by atoms with Gasteiger partial charge in [-0.25, -0.2) is 0 Å². The number of hydrogen-bond donors (Lipinski definition) is 3. The molecule has 0 saturated heterocycles. The highest BCUT2D eigenvalue weighted by Crippen LogP contribution is 2.59. The molecule has 30 heavy (non-hydrogen) atoms. The molecule has 0 aliphatic heterocycles. The number of aliphatic hydroxyl groups excluding tert-OH is 3. The first-order valence-electron chi connectivity index (χ1n) is 12.1. The Morgan fingerprint density at radius 1 is 1.13 bits per heavy atom. The Balaban J connectivity index is 0.00000272. The Morgan fingerprint density at radius 2 is 1.90 bits per heavy atom. The maximum Gasteiger partial charge on any atom is 0.0811 e. The second-order valence-electron chi connectivity index (χ2n) is 10.7. The molecule has 4 saturated carbocycles. The third-order valence-corrected chi connectivity index (χ3v) is 8.65. The Bertz CT molecular complexity index is 750. The van der Waals surface area contributed by atoms with Gasteiger partial charge in [-0.2, -0.15) is 0 Å².